The van der Waals surface area contributed by atoms with Gasteiger partial charge in [-0.2, -0.15) is 0 Å². The van der Waals surface area contributed by atoms with Gasteiger partial charge >= 0.3 is 6.09 Å². The number of fused-ring (bicyclic) bond motifs is 5. The first-order valence-corrected chi connectivity index (χ1v) is 9.88. The molecule has 2 aromatic carbocycles. The second-order valence-corrected chi connectivity index (χ2v) is 8.57. The second-order valence-electron chi connectivity index (χ2n) is 8.57. The molecule has 0 radical (unpaired) electrons. The van der Waals surface area contributed by atoms with Crippen molar-refractivity contribution in [2.75, 3.05) is 13.2 Å². The molecule has 27 heavy (non-hydrogen) atoms. The van der Waals surface area contributed by atoms with Gasteiger partial charge in [-0.3, -0.25) is 0 Å². The average Bonchev–Trinajstić information content (AvgIpc) is 3.35. The molecule has 0 aromatic heterocycles. The Labute approximate surface area is 159 Å². The standard InChI is InChI=1S/C23H25NO3/c25-15-22-9-11-23(14-22,12-10-22)24-21(26)27-13-20-18-7-3-1-5-16(18)17-6-2-4-8-19(17)20/h1-8,20,25H,9-15H2,(H,24,26). The first kappa shape index (κ1) is 16.8. The fraction of sp³-hybridized carbons (Fsp3) is 0.435. The lowest BCUT2D eigenvalue weighted by Gasteiger charge is -2.28. The molecule has 2 fully saturated rings. The normalized spacial score (nSPS) is 28.0. The highest BCUT2D eigenvalue weighted by Crippen LogP contribution is 2.56. The van der Waals surface area contributed by atoms with Gasteiger partial charge in [-0.25, -0.2) is 4.79 Å². The maximum atomic E-state index is 12.6. The van der Waals surface area contributed by atoms with Crippen molar-refractivity contribution in [1.82, 2.24) is 5.32 Å². The van der Waals surface area contributed by atoms with Crippen LogP contribution in [0.15, 0.2) is 48.5 Å². The fourth-order valence-corrected chi connectivity index (χ4v) is 5.56. The van der Waals surface area contributed by atoms with Gasteiger partial charge in [0.05, 0.1) is 0 Å². The Morgan fingerprint density at radius 1 is 1.00 bits per heavy atom. The molecule has 2 N–H and O–H groups in total. The van der Waals surface area contributed by atoms with Crippen molar-refractivity contribution in [3.8, 4) is 11.1 Å². The number of ether oxygens (including phenoxy) is 1. The minimum atomic E-state index is -0.326. The predicted octanol–water partition coefficient (Wildman–Crippen LogP) is 4.22. The molecule has 2 aromatic rings. The third-order valence-electron chi connectivity index (χ3n) is 7.03. The summed E-state index contributed by atoms with van der Waals surface area (Å²) in [5.74, 6) is 0.0874. The topological polar surface area (TPSA) is 58.6 Å². The summed E-state index contributed by atoms with van der Waals surface area (Å²) in [5, 5.41) is 12.8. The maximum Gasteiger partial charge on any atom is 0.407 e. The van der Waals surface area contributed by atoms with Gasteiger partial charge in [0.15, 0.2) is 0 Å². The van der Waals surface area contributed by atoms with Gasteiger partial charge in [0.1, 0.15) is 6.61 Å². The molecule has 0 heterocycles. The van der Waals surface area contributed by atoms with E-state index in [0.717, 1.165) is 32.1 Å². The summed E-state index contributed by atoms with van der Waals surface area (Å²) in [6.07, 6.45) is 4.42. The number of rotatable bonds is 4. The smallest absolute Gasteiger partial charge is 0.407 e. The van der Waals surface area contributed by atoms with E-state index < -0.39 is 0 Å². The lowest BCUT2D eigenvalue weighted by molar-refractivity contribution is 0.129. The van der Waals surface area contributed by atoms with Crippen molar-refractivity contribution in [2.45, 2.75) is 43.6 Å². The summed E-state index contributed by atoms with van der Waals surface area (Å²) in [6, 6.07) is 16.7. The van der Waals surface area contributed by atoms with Crippen LogP contribution in [0, 0.1) is 5.41 Å². The van der Waals surface area contributed by atoms with Crippen LogP contribution < -0.4 is 5.32 Å². The monoisotopic (exact) mass is 363 g/mol. The Balaban J connectivity index is 1.29. The van der Waals surface area contributed by atoms with E-state index >= 15 is 0 Å². The summed E-state index contributed by atoms with van der Waals surface area (Å²) in [5.41, 5.74) is 4.78. The Morgan fingerprint density at radius 3 is 2.15 bits per heavy atom. The number of alkyl carbamates (subject to hydrolysis) is 1. The average molecular weight is 363 g/mol. The zero-order chi connectivity index (χ0) is 18.5. The van der Waals surface area contributed by atoms with E-state index in [9.17, 15) is 9.90 Å². The van der Waals surface area contributed by atoms with Crippen LogP contribution in [0.5, 0.6) is 0 Å². The van der Waals surface area contributed by atoms with Crippen molar-refractivity contribution in [3.05, 3.63) is 59.7 Å². The summed E-state index contributed by atoms with van der Waals surface area (Å²) in [7, 11) is 0. The second kappa shape index (κ2) is 6.10. The lowest BCUT2D eigenvalue weighted by atomic mass is 9.85. The fourth-order valence-electron chi connectivity index (χ4n) is 5.56. The molecule has 2 bridgehead atoms. The minimum absolute atomic E-state index is 0.0244. The summed E-state index contributed by atoms with van der Waals surface area (Å²) < 4.78 is 5.70. The number of aliphatic hydroxyl groups is 1. The third kappa shape index (κ3) is 2.66. The van der Waals surface area contributed by atoms with E-state index in [1.54, 1.807) is 0 Å². The van der Waals surface area contributed by atoms with Crippen molar-refractivity contribution >= 4 is 6.09 Å². The van der Waals surface area contributed by atoms with Crippen LogP contribution >= 0.6 is 0 Å². The Morgan fingerprint density at radius 2 is 1.59 bits per heavy atom. The number of aliphatic hydroxyl groups excluding tert-OH is 1. The first-order chi connectivity index (χ1) is 13.1. The van der Waals surface area contributed by atoms with E-state index in [4.69, 9.17) is 4.74 Å². The van der Waals surface area contributed by atoms with E-state index in [0.29, 0.717) is 6.61 Å². The first-order valence-electron chi connectivity index (χ1n) is 9.88. The highest BCUT2D eigenvalue weighted by Gasteiger charge is 2.54. The quantitative estimate of drug-likeness (QED) is 0.855. The van der Waals surface area contributed by atoms with Crippen LogP contribution in [0.1, 0.15) is 49.1 Å². The molecule has 3 aliphatic rings. The third-order valence-corrected chi connectivity index (χ3v) is 7.03. The van der Waals surface area contributed by atoms with E-state index in [1.807, 2.05) is 12.1 Å². The van der Waals surface area contributed by atoms with E-state index in [2.05, 4.69) is 41.7 Å². The Hall–Kier alpha value is -2.33. The number of amides is 1. The van der Waals surface area contributed by atoms with Crippen LogP contribution in [0.4, 0.5) is 4.79 Å². The minimum Gasteiger partial charge on any atom is -0.449 e. The number of carbonyl (C=O) groups excluding carboxylic acids is 1. The molecule has 0 unspecified atom stereocenters. The number of carbonyl (C=O) groups is 1. The van der Waals surface area contributed by atoms with Gasteiger partial charge < -0.3 is 15.2 Å². The largest absolute Gasteiger partial charge is 0.449 e. The molecule has 0 atom stereocenters. The number of benzene rings is 2. The van der Waals surface area contributed by atoms with Crippen LogP contribution in [0.25, 0.3) is 11.1 Å². The van der Waals surface area contributed by atoms with Crippen molar-refractivity contribution in [1.29, 1.82) is 0 Å². The zero-order valence-electron chi connectivity index (χ0n) is 15.4. The molecule has 1 amide bonds. The molecule has 140 valence electrons. The highest BCUT2D eigenvalue weighted by atomic mass is 16.5. The Bertz CT molecular complexity index is 837. The SMILES string of the molecule is O=C(NC12CCC(CO)(CC1)C2)OCC1c2ccccc2-c2ccccc21. The predicted molar refractivity (Wildman–Crippen MR) is 104 cm³/mol. The lowest BCUT2D eigenvalue weighted by Crippen LogP contribution is -2.45. The van der Waals surface area contributed by atoms with Gasteiger partial charge in [-0.15, -0.1) is 0 Å². The Kier molecular flexibility index (Phi) is 3.80. The van der Waals surface area contributed by atoms with Gasteiger partial charge in [-0.05, 0) is 59.8 Å². The van der Waals surface area contributed by atoms with E-state index in [1.165, 1.54) is 22.3 Å². The molecular weight excluding hydrogens is 338 g/mol. The summed E-state index contributed by atoms with van der Waals surface area (Å²) >= 11 is 0. The number of nitrogens with one attached hydrogen (secondary N) is 1. The van der Waals surface area contributed by atoms with Crippen LogP contribution in [0.2, 0.25) is 0 Å². The van der Waals surface area contributed by atoms with Crippen molar-refractivity contribution in [3.63, 3.8) is 0 Å². The molecule has 4 nitrogen and oxygen atoms in total. The van der Waals surface area contributed by atoms with Crippen molar-refractivity contribution < 1.29 is 14.6 Å². The molecule has 4 heteroatoms. The number of hydrogen-bond donors (Lipinski definition) is 2. The van der Waals surface area contributed by atoms with Crippen LogP contribution in [-0.2, 0) is 4.74 Å². The van der Waals surface area contributed by atoms with Gasteiger partial charge in [-0.1, -0.05) is 48.5 Å². The van der Waals surface area contributed by atoms with Crippen LogP contribution in [0.3, 0.4) is 0 Å². The van der Waals surface area contributed by atoms with E-state index in [-0.39, 0.29) is 29.6 Å². The number of hydrogen-bond acceptors (Lipinski definition) is 3. The van der Waals surface area contributed by atoms with Crippen LogP contribution in [-0.4, -0.2) is 30.0 Å². The molecule has 0 spiro atoms. The van der Waals surface area contributed by atoms with Gasteiger partial charge in [0.2, 0.25) is 0 Å². The molecule has 3 aliphatic carbocycles. The maximum absolute atomic E-state index is 12.6. The highest BCUT2D eigenvalue weighted by molar-refractivity contribution is 5.79. The molecule has 0 saturated heterocycles. The molecule has 5 rings (SSSR count). The van der Waals surface area contributed by atoms with Gasteiger partial charge in [0, 0.05) is 18.1 Å². The molecule has 0 aliphatic heterocycles. The molecular formula is C23H25NO3. The molecule has 2 saturated carbocycles. The summed E-state index contributed by atoms with van der Waals surface area (Å²) in [6.45, 7) is 0.572. The van der Waals surface area contributed by atoms with Gasteiger partial charge in [0.25, 0.3) is 0 Å². The zero-order valence-corrected chi connectivity index (χ0v) is 15.4. The summed E-state index contributed by atoms with van der Waals surface area (Å²) in [4.78, 5) is 12.6. The van der Waals surface area contributed by atoms with Crippen molar-refractivity contribution in [2.24, 2.45) is 5.41 Å².